The number of thiol groups is 1. The van der Waals surface area contributed by atoms with Gasteiger partial charge in [-0.05, 0) is 36.4 Å². The number of hydrogen-bond acceptors (Lipinski definition) is 3. The Morgan fingerprint density at radius 2 is 1.65 bits per heavy atom. The van der Waals surface area contributed by atoms with Crippen LogP contribution in [0.15, 0.2) is 53.4 Å². The largest absolute Gasteiger partial charge is 0.351 e. The third kappa shape index (κ3) is 2.80. The van der Waals surface area contributed by atoms with Crippen molar-refractivity contribution in [1.82, 2.24) is 0 Å². The van der Waals surface area contributed by atoms with E-state index >= 15 is 0 Å². The van der Waals surface area contributed by atoms with Gasteiger partial charge in [0.15, 0.2) is 0 Å². The van der Waals surface area contributed by atoms with Crippen molar-refractivity contribution in [2.24, 2.45) is 5.73 Å². The maximum absolute atomic E-state index is 13.6. The summed E-state index contributed by atoms with van der Waals surface area (Å²) in [5.74, 6) is -1.53. The molecule has 0 aromatic heterocycles. The normalized spacial score (nSPS) is 10.1. The molecule has 0 bridgehead atoms. The van der Waals surface area contributed by atoms with E-state index in [1.54, 1.807) is 12.1 Å². The lowest BCUT2D eigenvalue weighted by molar-refractivity contribution is 0.0991. The molecule has 2 rings (SSSR count). The summed E-state index contributed by atoms with van der Waals surface area (Å²) in [6, 6.07) is 10.6. The summed E-state index contributed by atoms with van der Waals surface area (Å²) < 4.78 is 13.6. The van der Waals surface area contributed by atoms with Gasteiger partial charge in [-0.2, -0.15) is 0 Å². The van der Waals surface area contributed by atoms with Crippen LogP contribution in [0, 0.1) is 5.82 Å². The van der Waals surface area contributed by atoms with Crippen molar-refractivity contribution in [2.75, 3.05) is 4.90 Å². The van der Waals surface area contributed by atoms with Crippen LogP contribution in [-0.2, 0) is 0 Å². The third-order valence-corrected chi connectivity index (χ3v) is 2.93. The van der Waals surface area contributed by atoms with E-state index in [9.17, 15) is 14.0 Å². The molecule has 0 saturated carbocycles. The number of imide groups is 1. The second-order valence-electron chi connectivity index (χ2n) is 3.98. The molecule has 2 N–H and O–H groups in total. The zero-order chi connectivity index (χ0) is 14.7. The van der Waals surface area contributed by atoms with Crippen molar-refractivity contribution in [3.63, 3.8) is 0 Å². The Hall–Kier alpha value is -2.34. The predicted molar refractivity (Wildman–Crippen MR) is 76.5 cm³/mol. The lowest BCUT2D eigenvalue weighted by Crippen LogP contribution is -2.41. The Bertz CT molecular complexity index is 658. The monoisotopic (exact) mass is 290 g/mol. The molecule has 0 unspecified atom stereocenters. The highest BCUT2D eigenvalue weighted by Crippen LogP contribution is 2.20. The van der Waals surface area contributed by atoms with Gasteiger partial charge >= 0.3 is 6.03 Å². The van der Waals surface area contributed by atoms with Crippen LogP contribution in [0.2, 0.25) is 0 Å². The quantitative estimate of drug-likeness (QED) is 0.835. The van der Waals surface area contributed by atoms with Gasteiger partial charge in [0, 0.05) is 4.90 Å². The molecule has 0 fully saturated rings. The highest BCUT2D eigenvalue weighted by atomic mass is 32.1. The molecular formula is C14H11FN2O2S. The van der Waals surface area contributed by atoms with Gasteiger partial charge in [-0.25, -0.2) is 14.1 Å². The fourth-order valence-corrected chi connectivity index (χ4v) is 1.85. The van der Waals surface area contributed by atoms with Gasteiger partial charge in [-0.15, -0.1) is 12.6 Å². The molecule has 4 nitrogen and oxygen atoms in total. The first kappa shape index (κ1) is 14.1. The second-order valence-corrected chi connectivity index (χ2v) is 4.49. The number of rotatable bonds is 2. The number of nitrogens with two attached hydrogens (primary N) is 1. The number of amides is 3. The maximum Gasteiger partial charge on any atom is 0.326 e. The SMILES string of the molecule is NC(=O)N(C(=O)c1ccccc1F)c1ccc(S)cc1. The fraction of sp³-hybridized carbons (Fsp3) is 0. The van der Waals surface area contributed by atoms with Crippen LogP contribution in [0.5, 0.6) is 0 Å². The summed E-state index contributed by atoms with van der Waals surface area (Å²) in [7, 11) is 0. The van der Waals surface area contributed by atoms with Crippen LogP contribution in [0.3, 0.4) is 0 Å². The average molecular weight is 290 g/mol. The number of benzene rings is 2. The zero-order valence-corrected chi connectivity index (χ0v) is 11.2. The number of primary amides is 1. The number of nitrogens with zero attached hydrogens (tertiary/aromatic N) is 1. The van der Waals surface area contributed by atoms with E-state index in [2.05, 4.69) is 12.6 Å². The first-order valence-electron chi connectivity index (χ1n) is 5.68. The summed E-state index contributed by atoms with van der Waals surface area (Å²) in [6.45, 7) is 0. The minimum Gasteiger partial charge on any atom is -0.351 e. The van der Waals surface area contributed by atoms with E-state index < -0.39 is 17.8 Å². The lowest BCUT2D eigenvalue weighted by atomic mass is 10.1. The second kappa shape index (κ2) is 5.75. The summed E-state index contributed by atoms with van der Waals surface area (Å²) in [4.78, 5) is 25.1. The molecule has 0 aliphatic rings. The Morgan fingerprint density at radius 3 is 2.20 bits per heavy atom. The van der Waals surface area contributed by atoms with E-state index in [1.807, 2.05) is 0 Å². The van der Waals surface area contributed by atoms with E-state index in [0.717, 1.165) is 6.07 Å². The molecule has 0 heterocycles. The molecule has 0 aliphatic heterocycles. The van der Waals surface area contributed by atoms with Crippen LogP contribution < -0.4 is 10.6 Å². The zero-order valence-electron chi connectivity index (χ0n) is 10.3. The molecule has 0 saturated heterocycles. The minimum atomic E-state index is -0.981. The smallest absolute Gasteiger partial charge is 0.326 e. The van der Waals surface area contributed by atoms with Crippen molar-refractivity contribution >= 4 is 30.3 Å². The Kier molecular flexibility index (Phi) is 4.05. The Labute approximate surface area is 120 Å². The Morgan fingerprint density at radius 1 is 1.05 bits per heavy atom. The maximum atomic E-state index is 13.6. The first-order valence-corrected chi connectivity index (χ1v) is 6.13. The van der Waals surface area contributed by atoms with E-state index in [-0.39, 0.29) is 11.3 Å². The molecule has 20 heavy (non-hydrogen) atoms. The highest BCUT2D eigenvalue weighted by molar-refractivity contribution is 7.80. The fourth-order valence-electron chi connectivity index (χ4n) is 1.70. The number of hydrogen-bond donors (Lipinski definition) is 2. The van der Waals surface area contributed by atoms with Gasteiger partial charge in [-0.3, -0.25) is 4.79 Å². The van der Waals surface area contributed by atoms with Crippen LogP contribution in [-0.4, -0.2) is 11.9 Å². The third-order valence-electron chi connectivity index (χ3n) is 2.64. The van der Waals surface area contributed by atoms with Gasteiger partial charge in [0.1, 0.15) is 5.82 Å². The number of carbonyl (C=O) groups is 2. The number of anilines is 1. The summed E-state index contributed by atoms with van der Waals surface area (Å²) in [5, 5.41) is 0. The van der Waals surface area contributed by atoms with Gasteiger partial charge in [0.25, 0.3) is 5.91 Å². The number of urea groups is 1. The lowest BCUT2D eigenvalue weighted by Gasteiger charge is -2.19. The van der Waals surface area contributed by atoms with Crippen molar-refractivity contribution < 1.29 is 14.0 Å². The topological polar surface area (TPSA) is 63.4 Å². The van der Waals surface area contributed by atoms with Gasteiger partial charge in [0.05, 0.1) is 11.3 Å². The average Bonchev–Trinajstić information content (AvgIpc) is 2.41. The molecule has 2 aromatic carbocycles. The molecule has 0 atom stereocenters. The molecule has 0 aliphatic carbocycles. The van der Waals surface area contributed by atoms with Gasteiger partial charge in [0.2, 0.25) is 0 Å². The minimum absolute atomic E-state index is 0.221. The first-order chi connectivity index (χ1) is 9.50. The van der Waals surface area contributed by atoms with Crippen molar-refractivity contribution in [2.45, 2.75) is 4.90 Å². The number of carbonyl (C=O) groups excluding carboxylic acids is 2. The van der Waals surface area contributed by atoms with Crippen LogP contribution in [0.25, 0.3) is 0 Å². The molecule has 3 amide bonds. The molecule has 0 spiro atoms. The Balaban J connectivity index is 2.44. The molecular weight excluding hydrogens is 279 g/mol. The summed E-state index contributed by atoms with van der Waals surface area (Å²) in [6.07, 6.45) is 0. The van der Waals surface area contributed by atoms with Crippen molar-refractivity contribution in [3.8, 4) is 0 Å². The highest BCUT2D eigenvalue weighted by Gasteiger charge is 2.24. The molecule has 102 valence electrons. The van der Waals surface area contributed by atoms with Crippen molar-refractivity contribution in [3.05, 3.63) is 59.9 Å². The van der Waals surface area contributed by atoms with E-state index in [1.165, 1.54) is 30.3 Å². The predicted octanol–water partition coefficient (Wildman–Crippen LogP) is 2.84. The van der Waals surface area contributed by atoms with Crippen LogP contribution >= 0.6 is 12.6 Å². The summed E-state index contributed by atoms with van der Waals surface area (Å²) in [5.41, 5.74) is 5.25. The van der Waals surface area contributed by atoms with Gasteiger partial charge in [-0.1, -0.05) is 12.1 Å². The van der Waals surface area contributed by atoms with Crippen LogP contribution in [0.1, 0.15) is 10.4 Å². The summed E-state index contributed by atoms with van der Waals surface area (Å²) >= 11 is 4.11. The van der Waals surface area contributed by atoms with Crippen LogP contribution in [0.4, 0.5) is 14.9 Å². The van der Waals surface area contributed by atoms with E-state index in [4.69, 9.17) is 5.73 Å². The molecule has 6 heteroatoms. The number of halogens is 1. The van der Waals surface area contributed by atoms with Gasteiger partial charge < -0.3 is 5.73 Å². The standard InChI is InChI=1S/C14H11FN2O2S/c15-12-4-2-1-3-11(12)13(18)17(14(16)19)9-5-7-10(20)8-6-9/h1-8,20H,(H2,16,19). The molecule has 2 aromatic rings. The van der Waals surface area contributed by atoms with E-state index in [0.29, 0.717) is 9.80 Å². The molecule has 0 radical (unpaired) electrons. The van der Waals surface area contributed by atoms with Crippen molar-refractivity contribution in [1.29, 1.82) is 0 Å².